The second-order valence-electron chi connectivity index (χ2n) is 6.28. The van der Waals surface area contributed by atoms with Crippen molar-refractivity contribution in [2.45, 2.75) is 6.18 Å². The summed E-state index contributed by atoms with van der Waals surface area (Å²) in [6.07, 6.45) is -5.06. The van der Waals surface area contributed by atoms with Gasteiger partial charge in [0.15, 0.2) is 0 Å². The lowest BCUT2D eigenvalue weighted by Crippen LogP contribution is -2.08. The topological polar surface area (TPSA) is 197 Å². The maximum Gasteiger partial charge on any atom is 0.416 e. The van der Waals surface area contributed by atoms with Crippen LogP contribution in [-0.4, -0.2) is 19.8 Å². The normalized spacial score (nSPS) is 11.0. The zero-order chi connectivity index (χ0) is 24.5. The van der Waals surface area contributed by atoms with Gasteiger partial charge in [-0.05, 0) is 24.3 Å². The molecule has 0 bridgehead atoms. The zero-order valence-electron chi connectivity index (χ0n) is 16.0. The van der Waals surface area contributed by atoms with Crippen molar-refractivity contribution in [1.29, 1.82) is 5.26 Å². The summed E-state index contributed by atoms with van der Waals surface area (Å²) in [6.45, 7) is 0. The molecular formula is C18H10F3N7O5. The molecule has 12 nitrogen and oxygen atoms in total. The monoisotopic (exact) mass is 461 g/mol. The van der Waals surface area contributed by atoms with E-state index in [0.29, 0.717) is 5.56 Å². The number of rotatable bonds is 5. The van der Waals surface area contributed by atoms with E-state index in [4.69, 9.17) is 16.2 Å². The van der Waals surface area contributed by atoms with Crippen LogP contribution in [0, 0.1) is 31.6 Å². The number of hydrogen-bond acceptors (Lipinski definition) is 10. The van der Waals surface area contributed by atoms with Gasteiger partial charge in [-0.1, -0.05) is 0 Å². The van der Waals surface area contributed by atoms with E-state index < -0.39 is 38.7 Å². The lowest BCUT2D eigenvalue weighted by atomic mass is 10.1. The summed E-state index contributed by atoms with van der Waals surface area (Å²) >= 11 is 0. The van der Waals surface area contributed by atoms with E-state index in [9.17, 15) is 38.7 Å². The first kappa shape index (κ1) is 22.7. The van der Waals surface area contributed by atoms with Gasteiger partial charge in [-0.15, -0.1) is 0 Å². The minimum absolute atomic E-state index is 0.0699. The van der Waals surface area contributed by atoms with Crippen molar-refractivity contribution in [3.05, 3.63) is 67.8 Å². The molecule has 3 rings (SSSR count). The van der Waals surface area contributed by atoms with E-state index in [0.717, 1.165) is 0 Å². The second kappa shape index (κ2) is 8.26. The predicted molar refractivity (Wildman–Crippen MR) is 106 cm³/mol. The fraction of sp³-hybridized carbons (Fsp3) is 0.0556. The zero-order valence-corrected chi connectivity index (χ0v) is 16.0. The number of nitro groups is 2. The van der Waals surface area contributed by atoms with Crippen LogP contribution >= 0.6 is 0 Å². The van der Waals surface area contributed by atoms with Crippen molar-refractivity contribution in [2.24, 2.45) is 0 Å². The number of nitrogens with zero attached hydrogens (tertiary/aromatic N) is 5. The van der Waals surface area contributed by atoms with Gasteiger partial charge in [0.25, 0.3) is 5.75 Å². The highest BCUT2D eigenvalue weighted by molar-refractivity contribution is 5.73. The fourth-order valence-corrected chi connectivity index (χ4v) is 2.75. The van der Waals surface area contributed by atoms with Crippen LogP contribution in [0.3, 0.4) is 0 Å². The number of benzene rings is 2. The third-order valence-electron chi connectivity index (χ3n) is 4.18. The predicted octanol–water partition coefficient (Wildman–Crippen LogP) is 3.81. The van der Waals surface area contributed by atoms with Crippen molar-refractivity contribution < 1.29 is 27.8 Å². The van der Waals surface area contributed by atoms with E-state index in [1.165, 1.54) is 24.3 Å². The fourth-order valence-electron chi connectivity index (χ4n) is 2.75. The molecule has 0 saturated carbocycles. The Morgan fingerprint density at radius 2 is 1.55 bits per heavy atom. The number of alkyl halides is 3. The summed E-state index contributed by atoms with van der Waals surface area (Å²) in [5.74, 6) is -1.55. The largest absolute Gasteiger partial charge is 0.444 e. The van der Waals surface area contributed by atoms with Crippen LogP contribution in [0.1, 0.15) is 11.1 Å². The van der Waals surface area contributed by atoms with Gasteiger partial charge >= 0.3 is 17.6 Å². The summed E-state index contributed by atoms with van der Waals surface area (Å²) in [5, 5.41) is 31.9. The Labute approximate surface area is 181 Å². The van der Waals surface area contributed by atoms with Crippen molar-refractivity contribution in [2.75, 3.05) is 11.5 Å². The smallest absolute Gasteiger partial charge is 0.416 e. The van der Waals surface area contributed by atoms with Crippen LogP contribution in [0.15, 0.2) is 36.4 Å². The highest BCUT2D eigenvalue weighted by Crippen LogP contribution is 2.44. The standard InChI is InChI=1S/C18H10F3N7O5/c19-18(20,21)9-5-12(27(29)30)15(13(6-9)28(31)32)33-10-3-1-8(2-4-10)14-11(7-22)16(23)26-17(24)25-14/h1-6H,(H4,23,24,25,26). The van der Waals surface area contributed by atoms with Gasteiger partial charge in [0.1, 0.15) is 23.2 Å². The molecule has 0 aliphatic heterocycles. The van der Waals surface area contributed by atoms with E-state index in [2.05, 4.69) is 9.97 Å². The molecule has 1 aromatic heterocycles. The summed E-state index contributed by atoms with van der Waals surface area (Å²) in [4.78, 5) is 27.8. The number of nitriles is 1. The number of nitrogen functional groups attached to an aromatic ring is 2. The summed E-state index contributed by atoms with van der Waals surface area (Å²) in [6, 6.07) is 7.18. The van der Waals surface area contributed by atoms with Crippen LogP contribution < -0.4 is 16.2 Å². The van der Waals surface area contributed by atoms with Gasteiger partial charge in [0.2, 0.25) is 5.95 Å². The minimum atomic E-state index is -5.06. The molecule has 0 amide bonds. The Balaban J connectivity index is 2.07. The Morgan fingerprint density at radius 1 is 1.00 bits per heavy atom. The average Bonchev–Trinajstić information content (AvgIpc) is 2.72. The molecule has 168 valence electrons. The molecule has 0 aliphatic rings. The molecule has 0 aliphatic carbocycles. The number of ether oxygens (including phenoxy) is 1. The quantitative estimate of drug-likeness (QED) is 0.416. The third kappa shape index (κ3) is 4.54. The van der Waals surface area contributed by atoms with Gasteiger partial charge in [0, 0.05) is 17.7 Å². The van der Waals surface area contributed by atoms with Gasteiger partial charge in [-0.2, -0.15) is 23.4 Å². The van der Waals surface area contributed by atoms with Crippen LogP contribution in [0.2, 0.25) is 0 Å². The molecule has 0 atom stereocenters. The minimum Gasteiger partial charge on any atom is -0.444 e. The van der Waals surface area contributed by atoms with Crippen LogP contribution in [0.5, 0.6) is 11.5 Å². The number of nitrogens with two attached hydrogens (primary N) is 2. The van der Waals surface area contributed by atoms with Crippen LogP contribution in [0.25, 0.3) is 11.3 Å². The van der Waals surface area contributed by atoms with Crippen molar-refractivity contribution in [1.82, 2.24) is 9.97 Å². The number of anilines is 2. The Hall–Kier alpha value is -5.00. The number of aromatic nitrogens is 2. The Bertz CT molecular complexity index is 1290. The highest BCUT2D eigenvalue weighted by Gasteiger charge is 2.38. The molecule has 15 heteroatoms. The molecule has 0 fully saturated rings. The van der Waals surface area contributed by atoms with E-state index >= 15 is 0 Å². The maximum absolute atomic E-state index is 13.0. The molecule has 4 N–H and O–H groups in total. The molecule has 2 aromatic carbocycles. The van der Waals surface area contributed by atoms with Crippen LogP contribution in [-0.2, 0) is 6.18 Å². The first-order valence-electron chi connectivity index (χ1n) is 8.57. The molecule has 0 radical (unpaired) electrons. The number of halogens is 3. The van der Waals surface area contributed by atoms with Crippen molar-refractivity contribution in [3.8, 4) is 28.8 Å². The second-order valence-corrected chi connectivity index (χ2v) is 6.28. The van der Waals surface area contributed by atoms with Crippen molar-refractivity contribution in [3.63, 3.8) is 0 Å². The molecular weight excluding hydrogens is 451 g/mol. The Kier molecular flexibility index (Phi) is 5.68. The molecule has 3 aromatic rings. The summed E-state index contributed by atoms with van der Waals surface area (Å²) < 4.78 is 44.3. The number of hydrogen-bond donors (Lipinski definition) is 2. The van der Waals surface area contributed by atoms with Gasteiger partial charge in [-0.3, -0.25) is 20.2 Å². The maximum atomic E-state index is 13.0. The molecule has 0 saturated heterocycles. The Morgan fingerprint density at radius 3 is 2.00 bits per heavy atom. The van der Waals surface area contributed by atoms with E-state index in [-0.39, 0.29) is 40.9 Å². The SMILES string of the molecule is N#Cc1c(N)nc(N)nc1-c1ccc(Oc2c([N+](=O)[O-])cc(C(F)(F)F)cc2[N+](=O)[O-])cc1. The van der Waals surface area contributed by atoms with Gasteiger partial charge in [0.05, 0.1) is 21.1 Å². The lowest BCUT2D eigenvalue weighted by molar-refractivity contribution is -0.396. The molecule has 1 heterocycles. The summed E-state index contributed by atoms with van der Waals surface area (Å²) in [7, 11) is 0. The third-order valence-corrected chi connectivity index (χ3v) is 4.18. The first-order chi connectivity index (χ1) is 15.4. The van der Waals surface area contributed by atoms with Gasteiger partial charge in [-0.25, -0.2) is 4.98 Å². The highest BCUT2D eigenvalue weighted by atomic mass is 19.4. The molecule has 0 spiro atoms. The lowest BCUT2D eigenvalue weighted by Gasteiger charge is -2.11. The van der Waals surface area contributed by atoms with E-state index in [1.807, 2.05) is 6.07 Å². The molecule has 0 unspecified atom stereocenters. The van der Waals surface area contributed by atoms with Crippen LogP contribution in [0.4, 0.5) is 36.3 Å². The molecule has 33 heavy (non-hydrogen) atoms. The van der Waals surface area contributed by atoms with Gasteiger partial charge < -0.3 is 16.2 Å². The van der Waals surface area contributed by atoms with E-state index in [1.54, 1.807) is 0 Å². The number of nitro benzene ring substituents is 2. The first-order valence-corrected chi connectivity index (χ1v) is 8.57. The van der Waals surface area contributed by atoms with Crippen molar-refractivity contribution >= 4 is 23.1 Å². The summed E-state index contributed by atoms with van der Waals surface area (Å²) in [5.41, 5.74) is 7.41. The average molecular weight is 461 g/mol.